The summed E-state index contributed by atoms with van der Waals surface area (Å²) in [7, 11) is 1.65. The van der Waals surface area contributed by atoms with E-state index in [9.17, 15) is 9.59 Å². The minimum Gasteiger partial charge on any atom is -0.317 e. The molecule has 0 fully saturated rings. The van der Waals surface area contributed by atoms with Gasteiger partial charge in [0.2, 0.25) is 0 Å². The third-order valence-corrected chi connectivity index (χ3v) is 5.98. The molecule has 3 rings (SSSR count). The molecule has 0 saturated carbocycles. The van der Waals surface area contributed by atoms with Crippen LogP contribution in [0.1, 0.15) is 32.1 Å². The summed E-state index contributed by atoms with van der Waals surface area (Å²) in [5, 5.41) is 4.35. The van der Waals surface area contributed by atoms with E-state index in [1.54, 1.807) is 48.0 Å². The van der Waals surface area contributed by atoms with Gasteiger partial charge in [-0.3, -0.25) is 9.36 Å². The van der Waals surface area contributed by atoms with E-state index in [2.05, 4.69) is 5.32 Å². The lowest BCUT2D eigenvalue weighted by atomic mass is 10.1. The normalized spacial score (nSPS) is 12.1. The molecule has 158 valence electrons. The van der Waals surface area contributed by atoms with Gasteiger partial charge >= 0.3 is 6.03 Å². The molecule has 1 heterocycles. The van der Waals surface area contributed by atoms with Crippen molar-refractivity contribution in [3.8, 4) is 0 Å². The molecule has 9 heteroatoms. The maximum absolute atomic E-state index is 13.0. The second kappa shape index (κ2) is 9.25. The lowest BCUT2D eigenvalue weighted by Gasteiger charge is -2.29. The number of hydrogen-bond donors (Lipinski definition) is 1. The molecule has 1 atom stereocenters. The van der Waals surface area contributed by atoms with Crippen LogP contribution in [-0.4, -0.2) is 27.5 Å². The molecule has 0 saturated heterocycles. The number of halogens is 3. The zero-order valence-corrected chi connectivity index (χ0v) is 19.0. The minimum absolute atomic E-state index is 0.167. The van der Waals surface area contributed by atoms with Crippen molar-refractivity contribution in [2.45, 2.75) is 32.9 Å². The number of rotatable bonds is 5. The lowest BCUT2D eigenvalue weighted by molar-refractivity contribution is 0.198. The number of urea groups is 1. The number of aromatic nitrogens is 2. The quantitative estimate of drug-likeness (QED) is 0.501. The third-order valence-electron chi connectivity index (χ3n) is 4.93. The first-order valence-electron chi connectivity index (χ1n) is 9.46. The third kappa shape index (κ3) is 4.26. The van der Waals surface area contributed by atoms with E-state index >= 15 is 0 Å². The molecule has 0 bridgehead atoms. The van der Waals surface area contributed by atoms with E-state index < -0.39 is 12.1 Å². The molecule has 0 aliphatic carbocycles. The largest absolute Gasteiger partial charge is 0.322 e. The van der Waals surface area contributed by atoms with Crippen LogP contribution >= 0.6 is 34.8 Å². The summed E-state index contributed by atoms with van der Waals surface area (Å²) >= 11 is 18.3. The van der Waals surface area contributed by atoms with E-state index in [-0.39, 0.29) is 10.6 Å². The second-order valence-electron chi connectivity index (χ2n) is 6.75. The van der Waals surface area contributed by atoms with Gasteiger partial charge < -0.3 is 10.2 Å². The first-order valence-corrected chi connectivity index (χ1v) is 10.6. The SMILES string of the molecule is CCC(c1nc2cc(Cl)ccc2c(=O)n1CC)N(C)C(=O)Nc1cccc(Cl)c1Cl. The number of carbonyl (C=O) groups is 1. The van der Waals surface area contributed by atoms with Crippen molar-refractivity contribution in [1.82, 2.24) is 14.5 Å². The van der Waals surface area contributed by atoms with Crippen LogP contribution < -0.4 is 10.9 Å². The fourth-order valence-electron chi connectivity index (χ4n) is 3.35. The summed E-state index contributed by atoms with van der Waals surface area (Å²) in [6.45, 7) is 4.22. The van der Waals surface area contributed by atoms with Crippen molar-refractivity contribution >= 4 is 57.4 Å². The molecule has 6 nitrogen and oxygen atoms in total. The average Bonchev–Trinajstić information content (AvgIpc) is 2.71. The summed E-state index contributed by atoms with van der Waals surface area (Å²) < 4.78 is 1.58. The van der Waals surface area contributed by atoms with Crippen LogP contribution in [0.5, 0.6) is 0 Å². The van der Waals surface area contributed by atoms with Gasteiger partial charge in [-0.15, -0.1) is 0 Å². The van der Waals surface area contributed by atoms with E-state index in [4.69, 9.17) is 39.8 Å². The predicted molar refractivity (Wildman–Crippen MR) is 123 cm³/mol. The van der Waals surface area contributed by atoms with Gasteiger partial charge in [0.25, 0.3) is 5.56 Å². The number of benzene rings is 2. The zero-order chi connectivity index (χ0) is 22.0. The average molecular weight is 468 g/mol. The summed E-state index contributed by atoms with van der Waals surface area (Å²) in [6.07, 6.45) is 0.547. The van der Waals surface area contributed by atoms with Crippen LogP contribution in [0.4, 0.5) is 10.5 Å². The number of carbonyl (C=O) groups excluding carboxylic acids is 1. The monoisotopic (exact) mass is 466 g/mol. The van der Waals surface area contributed by atoms with Crippen molar-refractivity contribution < 1.29 is 4.79 Å². The molecule has 1 aromatic heterocycles. The maximum atomic E-state index is 13.0. The Hall–Kier alpha value is -2.28. The Morgan fingerprint density at radius 3 is 2.60 bits per heavy atom. The van der Waals surface area contributed by atoms with Crippen molar-refractivity contribution in [2.75, 3.05) is 12.4 Å². The molecular formula is C21H21Cl3N4O2. The Labute approximate surface area is 189 Å². The van der Waals surface area contributed by atoms with Crippen LogP contribution in [-0.2, 0) is 6.54 Å². The van der Waals surface area contributed by atoms with Gasteiger partial charge in [0, 0.05) is 18.6 Å². The van der Waals surface area contributed by atoms with Gasteiger partial charge in [0.1, 0.15) is 5.82 Å². The number of hydrogen-bond acceptors (Lipinski definition) is 3. The number of nitrogens with one attached hydrogen (secondary N) is 1. The van der Waals surface area contributed by atoms with Crippen LogP contribution in [0.2, 0.25) is 15.1 Å². The molecule has 30 heavy (non-hydrogen) atoms. The second-order valence-corrected chi connectivity index (χ2v) is 7.97. The first kappa shape index (κ1) is 22.4. The molecule has 0 aliphatic rings. The van der Waals surface area contributed by atoms with E-state index in [1.807, 2.05) is 13.8 Å². The number of nitrogens with zero attached hydrogens (tertiary/aromatic N) is 3. The Morgan fingerprint density at radius 2 is 1.93 bits per heavy atom. The van der Waals surface area contributed by atoms with E-state index in [0.717, 1.165) is 0 Å². The predicted octanol–water partition coefficient (Wildman–Crippen LogP) is 5.99. The van der Waals surface area contributed by atoms with Gasteiger partial charge in [-0.25, -0.2) is 9.78 Å². The number of anilines is 1. The molecule has 0 aliphatic heterocycles. The fourth-order valence-corrected chi connectivity index (χ4v) is 3.86. The number of amides is 2. The van der Waals surface area contributed by atoms with Gasteiger partial charge in [0.15, 0.2) is 0 Å². The summed E-state index contributed by atoms with van der Waals surface area (Å²) in [5.74, 6) is 0.495. The summed E-state index contributed by atoms with van der Waals surface area (Å²) in [6, 6.07) is 9.15. The Kier molecular flexibility index (Phi) is 6.91. The highest BCUT2D eigenvalue weighted by molar-refractivity contribution is 6.44. The number of fused-ring (bicyclic) bond motifs is 1. The summed E-state index contributed by atoms with van der Waals surface area (Å²) in [4.78, 5) is 32.1. The Morgan fingerprint density at radius 1 is 1.20 bits per heavy atom. The summed E-state index contributed by atoms with van der Waals surface area (Å²) in [5.41, 5.74) is 0.735. The van der Waals surface area contributed by atoms with Crippen molar-refractivity contribution in [2.24, 2.45) is 0 Å². The molecule has 0 spiro atoms. The van der Waals surface area contributed by atoms with Gasteiger partial charge in [-0.1, -0.05) is 47.8 Å². The maximum Gasteiger partial charge on any atom is 0.322 e. The highest BCUT2D eigenvalue weighted by atomic mass is 35.5. The molecule has 2 amide bonds. The smallest absolute Gasteiger partial charge is 0.317 e. The van der Waals surface area contributed by atoms with E-state index in [1.165, 1.54) is 4.90 Å². The first-order chi connectivity index (χ1) is 14.3. The Balaban J connectivity index is 2.02. The molecule has 1 unspecified atom stereocenters. The van der Waals surface area contributed by atoms with Crippen LogP contribution in [0, 0.1) is 0 Å². The van der Waals surface area contributed by atoms with Crippen molar-refractivity contribution in [3.63, 3.8) is 0 Å². The zero-order valence-electron chi connectivity index (χ0n) is 16.7. The fraction of sp³-hybridized carbons (Fsp3) is 0.286. The van der Waals surface area contributed by atoms with Crippen LogP contribution in [0.25, 0.3) is 10.9 Å². The van der Waals surface area contributed by atoms with Crippen LogP contribution in [0.15, 0.2) is 41.2 Å². The van der Waals surface area contributed by atoms with Gasteiger partial charge in [0.05, 0.1) is 32.7 Å². The Bertz CT molecular complexity index is 1160. The highest BCUT2D eigenvalue weighted by Crippen LogP contribution is 2.30. The van der Waals surface area contributed by atoms with E-state index in [0.29, 0.717) is 45.4 Å². The molecule has 1 N–H and O–H groups in total. The van der Waals surface area contributed by atoms with Gasteiger partial charge in [-0.05, 0) is 43.7 Å². The van der Waals surface area contributed by atoms with Gasteiger partial charge in [-0.2, -0.15) is 0 Å². The molecule has 2 aromatic carbocycles. The topological polar surface area (TPSA) is 67.2 Å². The minimum atomic E-state index is -0.445. The van der Waals surface area contributed by atoms with Crippen molar-refractivity contribution in [3.05, 3.63) is 67.6 Å². The molecule has 3 aromatic rings. The standard InChI is InChI=1S/C21H21Cl3N4O2/c1-4-17(27(3)21(30)26-15-8-6-7-14(23)18(15)24)19-25-16-11-12(22)9-10-13(16)20(29)28(19)5-2/h6-11,17H,4-5H2,1-3H3,(H,26,30). The van der Waals surface area contributed by atoms with Crippen molar-refractivity contribution in [1.29, 1.82) is 0 Å². The molecular weight excluding hydrogens is 447 g/mol. The lowest BCUT2D eigenvalue weighted by Crippen LogP contribution is -2.38. The molecule has 0 radical (unpaired) electrons. The highest BCUT2D eigenvalue weighted by Gasteiger charge is 2.26. The van der Waals surface area contributed by atoms with Crippen LogP contribution in [0.3, 0.4) is 0 Å².